The number of nitrogen functional groups attached to an aromatic ring is 1. The number of ether oxygens (including phenoxy) is 1. The van der Waals surface area contributed by atoms with Gasteiger partial charge in [-0.3, -0.25) is 4.90 Å². The summed E-state index contributed by atoms with van der Waals surface area (Å²) in [6.07, 6.45) is -0.503. The first kappa shape index (κ1) is 16.6. The Hall–Kier alpha value is -2.29. The summed E-state index contributed by atoms with van der Waals surface area (Å²) in [5, 5.41) is 13.0. The zero-order chi connectivity index (χ0) is 16.9. The Morgan fingerprint density at radius 3 is 3.08 bits per heavy atom. The summed E-state index contributed by atoms with van der Waals surface area (Å²) in [5.41, 5.74) is 7.84. The summed E-state index contributed by atoms with van der Waals surface area (Å²) in [7, 11) is 0. The van der Waals surface area contributed by atoms with Gasteiger partial charge in [0.15, 0.2) is 0 Å². The van der Waals surface area contributed by atoms with E-state index in [9.17, 15) is 5.11 Å². The molecule has 128 valence electrons. The Labute approximate surface area is 140 Å². The van der Waals surface area contributed by atoms with Crippen molar-refractivity contribution in [2.75, 3.05) is 37.4 Å². The Kier molecular flexibility index (Phi) is 5.19. The van der Waals surface area contributed by atoms with Crippen LogP contribution in [0.4, 0.5) is 17.6 Å². The molecule has 8 nitrogen and oxygen atoms in total. The highest BCUT2D eigenvalue weighted by atomic mass is 16.5. The average Bonchev–Trinajstić information content (AvgIpc) is 2.70. The fourth-order valence-corrected chi connectivity index (χ4v) is 2.62. The summed E-state index contributed by atoms with van der Waals surface area (Å²) in [5.74, 6) is 1.14. The van der Waals surface area contributed by atoms with Crippen molar-refractivity contribution in [3.05, 3.63) is 35.7 Å². The molecule has 2 aromatic rings. The number of anilines is 3. The van der Waals surface area contributed by atoms with Crippen LogP contribution in [-0.4, -0.2) is 57.4 Å². The van der Waals surface area contributed by atoms with Crippen LogP contribution in [0.2, 0.25) is 0 Å². The van der Waals surface area contributed by atoms with Gasteiger partial charge in [0.25, 0.3) is 0 Å². The van der Waals surface area contributed by atoms with Gasteiger partial charge in [0.1, 0.15) is 5.82 Å². The summed E-state index contributed by atoms with van der Waals surface area (Å²) in [6.45, 7) is 4.66. The normalized spacial score (nSPS) is 19.0. The maximum Gasteiger partial charge on any atom is 0.232 e. The molecule has 0 unspecified atom stereocenters. The molecule has 1 aromatic carbocycles. The van der Waals surface area contributed by atoms with Crippen molar-refractivity contribution in [3.8, 4) is 0 Å². The lowest BCUT2D eigenvalue weighted by Crippen LogP contribution is -2.33. The van der Waals surface area contributed by atoms with E-state index in [2.05, 4.69) is 20.3 Å². The molecule has 3 rings (SSSR count). The maximum atomic E-state index is 9.81. The highest BCUT2D eigenvalue weighted by Gasteiger charge is 2.18. The number of hydrogen-bond donors (Lipinski definition) is 3. The summed E-state index contributed by atoms with van der Waals surface area (Å²) < 4.78 is 5.33. The standard InChI is InChI=1S/C16H22N6O2/c1-11-3-2-4-12(7-11)18-16-20-14(19-15(17)21-16)9-22-5-6-24-10-13(23)8-22/h2-4,7,13,23H,5-6,8-10H2,1H3,(H3,17,18,19,20,21)/t13-/m0/s1. The minimum Gasteiger partial charge on any atom is -0.389 e. The van der Waals surface area contributed by atoms with Crippen LogP contribution in [0, 0.1) is 6.92 Å². The maximum absolute atomic E-state index is 9.81. The van der Waals surface area contributed by atoms with Crippen molar-refractivity contribution in [1.82, 2.24) is 19.9 Å². The molecular weight excluding hydrogens is 308 g/mol. The topological polar surface area (TPSA) is 109 Å². The predicted octanol–water partition coefficient (Wildman–Crippen LogP) is 0.699. The lowest BCUT2D eigenvalue weighted by molar-refractivity contribution is 0.0561. The van der Waals surface area contributed by atoms with Crippen molar-refractivity contribution in [2.24, 2.45) is 0 Å². The molecule has 0 radical (unpaired) electrons. The van der Waals surface area contributed by atoms with Crippen LogP contribution in [0.15, 0.2) is 24.3 Å². The van der Waals surface area contributed by atoms with Gasteiger partial charge in [-0.25, -0.2) is 0 Å². The number of hydrogen-bond acceptors (Lipinski definition) is 8. The molecule has 8 heteroatoms. The molecule has 0 aliphatic carbocycles. The quantitative estimate of drug-likeness (QED) is 0.751. The number of nitrogens with one attached hydrogen (secondary N) is 1. The highest BCUT2D eigenvalue weighted by Crippen LogP contribution is 2.15. The smallest absolute Gasteiger partial charge is 0.232 e. The van der Waals surface area contributed by atoms with Crippen LogP contribution >= 0.6 is 0 Å². The van der Waals surface area contributed by atoms with Crippen molar-refractivity contribution in [3.63, 3.8) is 0 Å². The third kappa shape index (κ3) is 4.60. The first-order chi connectivity index (χ1) is 11.6. The number of aliphatic hydroxyl groups excluding tert-OH is 1. The van der Waals surface area contributed by atoms with Gasteiger partial charge in [0.2, 0.25) is 11.9 Å². The number of nitrogens with zero attached hydrogens (tertiary/aromatic N) is 4. The Balaban J connectivity index is 1.73. The number of β-amino-alcohol motifs (C(OH)–C–C–N with tert-alkyl or cyclic N) is 1. The fourth-order valence-electron chi connectivity index (χ4n) is 2.62. The van der Waals surface area contributed by atoms with Gasteiger partial charge in [-0.15, -0.1) is 0 Å². The van der Waals surface area contributed by atoms with Crippen molar-refractivity contribution in [2.45, 2.75) is 19.6 Å². The highest BCUT2D eigenvalue weighted by molar-refractivity contribution is 5.54. The van der Waals surface area contributed by atoms with Gasteiger partial charge in [-0.1, -0.05) is 12.1 Å². The monoisotopic (exact) mass is 330 g/mol. The molecule has 24 heavy (non-hydrogen) atoms. The van der Waals surface area contributed by atoms with Crippen LogP contribution in [-0.2, 0) is 11.3 Å². The van der Waals surface area contributed by atoms with E-state index >= 15 is 0 Å². The molecule has 1 fully saturated rings. The number of rotatable bonds is 4. The number of aryl methyl sites for hydroxylation is 1. The first-order valence-electron chi connectivity index (χ1n) is 7.91. The summed E-state index contributed by atoms with van der Waals surface area (Å²) in [6, 6.07) is 7.92. The van der Waals surface area contributed by atoms with Gasteiger partial charge in [-0.05, 0) is 24.6 Å². The molecule has 1 aliphatic heterocycles. The molecule has 0 bridgehead atoms. The fraction of sp³-hybridized carbons (Fsp3) is 0.438. The van der Waals surface area contributed by atoms with Gasteiger partial charge in [0.05, 0.1) is 25.9 Å². The number of aromatic nitrogens is 3. The van der Waals surface area contributed by atoms with E-state index in [1.54, 1.807) is 0 Å². The number of benzene rings is 1. The van der Waals surface area contributed by atoms with Crippen LogP contribution in [0.5, 0.6) is 0 Å². The predicted molar refractivity (Wildman–Crippen MR) is 90.8 cm³/mol. The Bertz CT molecular complexity index is 696. The van der Waals surface area contributed by atoms with E-state index in [4.69, 9.17) is 10.5 Å². The van der Waals surface area contributed by atoms with Gasteiger partial charge in [-0.2, -0.15) is 15.0 Å². The molecule has 1 aromatic heterocycles. The average molecular weight is 330 g/mol. The van der Waals surface area contributed by atoms with Gasteiger partial charge >= 0.3 is 0 Å². The lowest BCUT2D eigenvalue weighted by atomic mass is 10.2. The minimum absolute atomic E-state index is 0.168. The number of nitrogens with two attached hydrogens (primary N) is 1. The SMILES string of the molecule is Cc1cccc(Nc2nc(N)nc(CN3CCOC[C@@H](O)C3)n2)c1. The van der Waals surface area contributed by atoms with E-state index in [1.807, 2.05) is 36.1 Å². The van der Waals surface area contributed by atoms with Crippen LogP contribution in [0.25, 0.3) is 0 Å². The molecule has 2 heterocycles. The molecule has 0 amide bonds. The summed E-state index contributed by atoms with van der Waals surface area (Å²) >= 11 is 0. The minimum atomic E-state index is -0.503. The zero-order valence-electron chi connectivity index (χ0n) is 13.6. The molecular formula is C16H22N6O2. The van der Waals surface area contributed by atoms with Gasteiger partial charge < -0.3 is 20.9 Å². The summed E-state index contributed by atoms with van der Waals surface area (Å²) in [4.78, 5) is 14.8. The molecule has 4 N–H and O–H groups in total. The lowest BCUT2D eigenvalue weighted by Gasteiger charge is -2.20. The Morgan fingerprint density at radius 2 is 2.25 bits per heavy atom. The van der Waals surface area contributed by atoms with Crippen LogP contribution in [0.3, 0.4) is 0 Å². The van der Waals surface area contributed by atoms with E-state index in [0.717, 1.165) is 11.3 Å². The molecule has 1 saturated heterocycles. The largest absolute Gasteiger partial charge is 0.389 e. The van der Waals surface area contributed by atoms with E-state index in [-0.39, 0.29) is 5.95 Å². The third-order valence-electron chi connectivity index (χ3n) is 3.67. The van der Waals surface area contributed by atoms with E-state index in [0.29, 0.717) is 44.6 Å². The van der Waals surface area contributed by atoms with Crippen LogP contribution in [0.1, 0.15) is 11.4 Å². The Morgan fingerprint density at radius 1 is 1.38 bits per heavy atom. The second kappa shape index (κ2) is 7.52. The van der Waals surface area contributed by atoms with Crippen molar-refractivity contribution < 1.29 is 9.84 Å². The molecule has 0 saturated carbocycles. The van der Waals surface area contributed by atoms with Crippen LogP contribution < -0.4 is 11.1 Å². The van der Waals surface area contributed by atoms with E-state index < -0.39 is 6.10 Å². The van der Waals surface area contributed by atoms with E-state index in [1.165, 1.54) is 0 Å². The number of aliphatic hydroxyl groups is 1. The zero-order valence-corrected chi connectivity index (χ0v) is 13.6. The van der Waals surface area contributed by atoms with Gasteiger partial charge in [0, 0.05) is 18.8 Å². The first-order valence-corrected chi connectivity index (χ1v) is 7.91. The molecule has 1 atom stereocenters. The van der Waals surface area contributed by atoms with Crippen molar-refractivity contribution in [1.29, 1.82) is 0 Å². The molecule has 0 spiro atoms. The molecule has 1 aliphatic rings. The third-order valence-corrected chi connectivity index (χ3v) is 3.67. The second-order valence-corrected chi connectivity index (χ2v) is 5.89. The van der Waals surface area contributed by atoms with Crippen molar-refractivity contribution >= 4 is 17.6 Å². The second-order valence-electron chi connectivity index (χ2n) is 5.89.